The average molecular weight is 742 g/mol. The number of carbonyl (C=O) groups is 5. The van der Waals surface area contributed by atoms with Crippen molar-refractivity contribution >= 4 is 39.9 Å². The normalized spacial score (nSPS) is 30.3. The molecule has 0 radical (unpaired) electrons. The van der Waals surface area contributed by atoms with E-state index in [1.54, 1.807) is 25.7 Å². The third-order valence-corrected chi connectivity index (χ3v) is 12.3. The van der Waals surface area contributed by atoms with E-state index in [4.69, 9.17) is 9.47 Å². The van der Waals surface area contributed by atoms with Gasteiger partial charge in [0.25, 0.3) is 5.91 Å². The molecular formula is C37H51N5O9S. The highest BCUT2D eigenvalue weighted by molar-refractivity contribution is 7.91. The predicted molar refractivity (Wildman–Crippen MR) is 190 cm³/mol. The standard InChI is InChI=1S/C37H51N5O9S/c1-23-20-41(21-24-12-10-11-14-28(23)24)35(47)50-26-18-30-31(43)39-37(33(45)40-52(48,49)27-16-17-27)19-25(37)13-8-6-5-7-9-15-29(32(44)42(30)22-26)38-34(46)51-36(2,3)4/h8,10-14,23,25-27,29-30H,5-7,9,15-22H2,1-4H3,(H,38,46)(H,39,43)(H,40,45)/b13-8-/t23?,25-,26+,29-,30-,37+/m0/s1. The Labute approximate surface area is 305 Å². The Morgan fingerprint density at radius 1 is 1.02 bits per heavy atom. The number of sulfonamides is 1. The molecule has 3 fully saturated rings. The summed E-state index contributed by atoms with van der Waals surface area (Å²) in [6.45, 7) is 7.86. The molecule has 6 atom stereocenters. The lowest BCUT2D eigenvalue weighted by atomic mass is 9.91. The Morgan fingerprint density at radius 2 is 1.77 bits per heavy atom. The minimum atomic E-state index is -3.90. The van der Waals surface area contributed by atoms with Crippen LogP contribution in [0, 0.1) is 5.92 Å². The molecule has 1 unspecified atom stereocenters. The second-order valence-electron chi connectivity index (χ2n) is 15.9. The molecule has 52 heavy (non-hydrogen) atoms. The van der Waals surface area contributed by atoms with Gasteiger partial charge >= 0.3 is 12.2 Å². The van der Waals surface area contributed by atoms with E-state index < -0.39 is 80.4 Å². The van der Waals surface area contributed by atoms with E-state index in [1.807, 2.05) is 43.3 Å². The quantitative estimate of drug-likeness (QED) is 0.380. The maximum Gasteiger partial charge on any atom is 0.410 e. The van der Waals surface area contributed by atoms with Crippen LogP contribution in [0.3, 0.4) is 0 Å². The van der Waals surface area contributed by atoms with Gasteiger partial charge in [-0.05, 0) is 76.3 Å². The maximum absolute atomic E-state index is 14.4. The minimum absolute atomic E-state index is 0.0545. The Kier molecular flexibility index (Phi) is 10.6. The molecule has 6 rings (SSSR count). The van der Waals surface area contributed by atoms with E-state index in [0.29, 0.717) is 38.8 Å². The monoisotopic (exact) mass is 741 g/mol. The van der Waals surface area contributed by atoms with E-state index in [2.05, 4.69) is 15.4 Å². The first-order valence-electron chi connectivity index (χ1n) is 18.4. The van der Waals surface area contributed by atoms with Gasteiger partial charge in [-0.15, -0.1) is 0 Å². The average Bonchev–Trinajstić information content (AvgIpc) is 3.99. The summed E-state index contributed by atoms with van der Waals surface area (Å²) in [4.78, 5) is 71.6. The molecule has 0 aromatic heterocycles. The second-order valence-corrected chi connectivity index (χ2v) is 17.9. The minimum Gasteiger partial charge on any atom is -0.444 e. The first kappa shape index (κ1) is 37.6. The summed E-state index contributed by atoms with van der Waals surface area (Å²) in [5, 5.41) is 4.90. The fourth-order valence-electron chi connectivity index (χ4n) is 7.51. The molecule has 2 saturated carbocycles. The van der Waals surface area contributed by atoms with Crippen molar-refractivity contribution in [1.82, 2.24) is 25.2 Å². The Balaban J connectivity index is 1.25. The van der Waals surface area contributed by atoms with E-state index in [9.17, 15) is 32.4 Å². The summed E-state index contributed by atoms with van der Waals surface area (Å²) >= 11 is 0. The van der Waals surface area contributed by atoms with Gasteiger partial charge < -0.3 is 29.9 Å². The number of hydrogen-bond donors (Lipinski definition) is 3. The van der Waals surface area contributed by atoms with Crippen LogP contribution in [0.15, 0.2) is 36.4 Å². The third-order valence-electron chi connectivity index (χ3n) is 10.5. The zero-order valence-corrected chi connectivity index (χ0v) is 31.2. The molecular weight excluding hydrogens is 690 g/mol. The van der Waals surface area contributed by atoms with Crippen molar-refractivity contribution < 1.29 is 41.9 Å². The van der Waals surface area contributed by atoms with Gasteiger partial charge in [-0.1, -0.05) is 56.2 Å². The summed E-state index contributed by atoms with van der Waals surface area (Å²) < 4.78 is 39.2. The van der Waals surface area contributed by atoms with Crippen molar-refractivity contribution in [3.63, 3.8) is 0 Å². The highest BCUT2D eigenvalue weighted by Crippen LogP contribution is 2.46. The SMILES string of the molecule is CC1CN(C(=O)O[C@@H]2C[C@H]3C(=O)N[C@]4(C(=O)NS(=O)(=O)C5CC5)C[C@@H]4/C=C\CCCCC[C@H](NC(=O)OC(C)(C)C)C(=O)N3C2)Cc2ccccc21. The smallest absolute Gasteiger partial charge is 0.410 e. The number of alkyl carbamates (subject to hydrolysis) is 1. The van der Waals surface area contributed by atoms with Gasteiger partial charge in [-0.3, -0.25) is 19.1 Å². The highest BCUT2D eigenvalue weighted by atomic mass is 32.2. The van der Waals surface area contributed by atoms with E-state index in [1.165, 1.54) is 10.5 Å². The summed E-state index contributed by atoms with van der Waals surface area (Å²) in [6, 6.07) is 5.70. The summed E-state index contributed by atoms with van der Waals surface area (Å²) in [7, 11) is -3.90. The molecule has 5 amide bonds. The summed E-state index contributed by atoms with van der Waals surface area (Å²) in [5.41, 5.74) is -0.155. The van der Waals surface area contributed by atoms with Crippen LogP contribution in [0.4, 0.5) is 9.59 Å². The van der Waals surface area contributed by atoms with Crippen molar-refractivity contribution in [3.8, 4) is 0 Å². The number of benzene rings is 1. The molecule has 0 spiro atoms. The fraction of sp³-hybridized carbons (Fsp3) is 0.649. The number of amides is 5. The fourth-order valence-corrected chi connectivity index (χ4v) is 8.88. The molecule has 0 bridgehead atoms. The van der Waals surface area contributed by atoms with E-state index in [0.717, 1.165) is 18.4 Å². The van der Waals surface area contributed by atoms with Crippen LogP contribution in [0.1, 0.15) is 103 Å². The second kappa shape index (κ2) is 14.7. The van der Waals surface area contributed by atoms with Gasteiger partial charge in [-0.2, -0.15) is 0 Å². The molecule has 14 nitrogen and oxygen atoms in total. The number of hydrogen-bond acceptors (Lipinski definition) is 9. The maximum atomic E-state index is 14.4. The number of fused-ring (bicyclic) bond motifs is 3. The first-order valence-corrected chi connectivity index (χ1v) is 20.0. The lowest BCUT2D eigenvalue weighted by molar-refractivity contribution is -0.141. The third kappa shape index (κ3) is 8.56. The molecule has 1 saturated heterocycles. The van der Waals surface area contributed by atoms with Crippen LogP contribution in [-0.2, 0) is 40.4 Å². The largest absolute Gasteiger partial charge is 0.444 e. The van der Waals surface area contributed by atoms with E-state index in [-0.39, 0.29) is 31.7 Å². The van der Waals surface area contributed by atoms with Gasteiger partial charge in [0.1, 0.15) is 29.3 Å². The van der Waals surface area contributed by atoms with Crippen LogP contribution < -0.4 is 15.4 Å². The van der Waals surface area contributed by atoms with Crippen LogP contribution in [0.25, 0.3) is 0 Å². The first-order chi connectivity index (χ1) is 24.6. The number of allylic oxidation sites excluding steroid dienone is 1. The van der Waals surface area contributed by atoms with Crippen LogP contribution in [-0.4, -0.2) is 95.8 Å². The summed E-state index contributed by atoms with van der Waals surface area (Å²) in [5.74, 6) is -2.39. The lowest BCUT2D eigenvalue weighted by Gasteiger charge is -2.33. The van der Waals surface area contributed by atoms with Crippen LogP contribution in [0.5, 0.6) is 0 Å². The van der Waals surface area contributed by atoms with Crippen molar-refractivity contribution in [3.05, 3.63) is 47.5 Å². The van der Waals surface area contributed by atoms with Crippen molar-refractivity contribution in [2.45, 2.75) is 133 Å². The van der Waals surface area contributed by atoms with Gasteiger partial charge in [0.2, 0.25) is 21.8 Å². The number of rotatable bonds is 5. The van der Waals surface area contributed by atoms with Gasteiger partial charge in [0.05, 0.1) is 11.8 Å². The Morgan fingerprint density at radius 3 is 2.50 bits per heavy atom. The Hall–Kier alpha value is -4.14. The van der Waals surface area contributed by atoms with Crippen molar-refractivity contribution in [1.29, 1.82) is 0 Å². The molecule has 3 heterocycles. The van der Waals surface area contributed by atoms with Gasteiger partial charge in [-0.25, -0.2) is 18.0 Å². The molecule has 284 valence electrons. The molecule has 1 aromatic rings. The molecule has 3 aliphatic heterocycles. The zero-order valence-electron chi connectivity index (χ0n) is 30.4. The summed E-state index contributed by atoms with van der Waals surface area (Å²) in [6.07, 6.45) is 5.73. The van der Waals surface area contributed by atoms with Gasteiger partial charge in [0, 0.05) is 25.4 Å². The molecule has 5 aliphatic rings. The topological polar surface area (TPSA) is 181 Å². The van der Waals surface area contributed by atoms with E-state index >= 15 is 0 Å². The molecule has 1 aromatic carbocycles. The molecule has 2 aliphatic carbocycles. The number of carbonyl (C=O) groups excluding carboxylic acids is 5. The lowest BCUT2D eigenvalue weighted by Crippen LogP contribution is -2.58. The van der Waals surface area contributed by atoms with Crippen LogP contribution in [0.2, 0.25) is 0 Å². The Bertz CT molecular complexity index is 1720. The number of nitrogens with one attached hydrogen (secondary N) is 3. The van der Waals surface area contributed by atoms with Crippen molar-refractivity contribution in [2.75, 3.05) is 13.1 Å². The number of nitrogens with zero attached hydrogens (tertiary/aromatic N) is 2. The van der Waals surface area contributed by atoms with Crippen molar-refractivity contribution in [2.24, 2.45) is 5.92 Å². The number of ether oxygens (including phenoxy) is 2. The molecule has 15 heteroatoms. The predicted octanol–water partition coefficient (Wildman–Crippen LogP) is 3.61. The zero-order chi connectivity index (χ0) is 37.4. The highest BCUT2D eigenvalue weighted by Gasteiger charge is 2.62. The molecule has 3 N–H and O–H groups in total. The van der Waals surface area contributed by atoms with Crippen LogP contribution >= 0.6 is 0 Å². The van der Waals surface area contributed by atoms with Gasteiger partial charge in [0.15, 0.2) is 0 Å².